The maximum Gasteiger partial charge on any atom is 0.0714 e. The third kappa shape index (κ3) is 6.05. The van der Waals surface area contributed by atoms with Crippen LogP contribution in [0, 0.1) is 0 Å². The van der Waals surface area contributed by atoms with Crippen molar-refractivity contribution >= 4 is 16.9 Å². The van der Waals surface area contributed by atoms with Gasteiger partial charge in [0.2, 0.25) is 0 Å². The van der Waals surface area contributed by atoms with Gasteiger partial charge in [0.1, 0.15) is 0 Å². The number of allylic oxidation sites excluding steroid dienone is 5. The van der Waals surface area contributed by atoms with Crippen LogP contribution >= 0.6 is 0 Å². The Hall–Kier alpha value is -7.22. The Morgan fingerprint density at radius 1 is 0.404 bits per heavy atom. The number of nitrogens with zero attached hydrogens (tertiary/aromatic N) is 1. The average molecular weight is 728 g/mol. The minimum absolute atomic E-state index is 0.501. The molecule has 57 heavy (non-hydrogen) atoms. The summed E-state index contributed by atoms with van der Waals surface area (Å²) in [5, 5.41) is 0. The van der Waals surface area contributed by atoms with Gasteiger partial charge in [0, 0.05) is 16.9 Å². The lowest BCUT2D eigenvalue weighted by molar-refractivity contribution is 0.768. The van der Waals surface area contributed by atoms with Gasteiger partial charge in [0.25, 0.3) is 0 Å². The molecule has 1 nitrogen and oxygen atoms in total. The second-order valence-electron chi connectivity index (χ2n) is 14.8. The van der Waals surface area contributed by atoms with Gasteiger partial charge in [-0.15, -0.1) is 0 Å². The van der Waals surface area contributed by atoms with Crippen molar-refractivity contribution in [3.63, 3.8) is 0 Å². The van der Waals surface area contributed by atoms with E-state index in [-0.39, 0.29) is 0 Å². The summed E-state index contributed by atoms with van der Waals surface area (Å²) in [5.41, 5.74) is 17.9. The molecule has 0 aromatic heterocycles. The van der Waals surface area contributed by atoms with Crippen molar-refractivity contribution in [3.05, 3.63) is 270 Å². The lowest BCUT2D eigenvalue weighted by Crippen LogP contribution is -2.29. The predicted octanol–water partition coefficient (Wildman–Crippen LogP) is 14.4. The van der Waals surface area contributed by atoms with Crippen molar-refractivity contribution in [2.45, 2.75) is 11.8 Å². The van der Waals surface area contributed by atoms with Crippen molar-refractivity contribution in [3.8, 4) is 33.4 Å². The van der Waals surface area contributed by atoms with Gasteiger partial charge in [-0.05, 0) is 91.9 Å². The molecule has 0 saturated carbocycles. The van der Waals surface area contributed by atoms with E-state index in [1.807, 2.05) is 0 Å². The van der Waals surface area contributed by atoms with Crippen molar-refractivity contribution in [1.82, 2.24) is 0 Å². The van der Waals surface area contributed by atoms with E-state index in [1.165, 1.54) is 66.8 Å². The molecule has 0 unspecified atom stereocenters. The first kappa shape index (κ1) is 34.3. The molecule has 0 radical (unpaired) electrons. The second kappa shape index (κ2) is 14.8. The first-order valence-corrected chi connectivity index (χ1v) is 19.8. The van der Waals surface area contributed by atoms with E-state index < -0.39 is 5.41 Å². The van der Waals surface area contributed by atoms with Gasteiger partial charge >= 0.3 is 0 Å². The number of benzene rings is 8. The molecule has 2 aliphatic carbocycles. The quantitative estimate of drug-likeness (QED) is 0.151. The van der Waals surface area contributed by atoms with E-state index in [0.29, 0.717) is 0 Å². The monoisotopic (exact) mass is 727 g/mol. The zero-order valence-electron chi connectivity index (χ0n) is 31.7. The zero-order chi connectivity index (χ0) is 38.0. The summed E-state index contributed by atoms with van der Waals surface area (Å²) in [4.78, 5) is 2.47. The van der Waals surface area contributed by atoms with Crippen LogP contribution in [0.1, 0.15) is 34.2 Å². The van der Waals surface area contributed by atoms with E-state index in [9.17, 15) is 0 Å². The van der Waals surface area contributed by atoms with Crippen molar-refractivity contribution < 1.29 is 0 Å². The van der Waals surface area contributed by atoms with Gasteiger partial charge in [-0.25, -0.2) is 0 Å². The second-order valence-corrected chi connectivity index (χ2v) is 14.8. The van der Waals surface area contributed by atoms with E-state index in [1.54, 1.807) is 0 Å². The Balaban J connectivity index is 1.18. The molecule has 8 aromatic carbocycles. The normalized spacial score (nSPS) is 13.8. The van der Waals surface area contributed by atoms with Gasteiger partial charge in [-0.1, -0.05) is 212 Å². The molecular formula is C56H41N. The van der Waals surface area contributed by atoms with E-state index in [2.05, 4.69) is 242 Å². The van der Waals surface area contributed by atoms with Crippen LogP contribution in [0.25, 0.3) is 39.0 Å². The lowest BCUT2D eigenvalue weighted by atomic mass is 9.67. The number of anilines is 2. The minimum atomic E-state index is -0.501. The molecule has 0 fully saturated rings. The SMILES string of the molecule is C1=CC(N(c2ccc3c(c2)C(c2ccccc2)(c2ccccc2)c2ccccc2-3)c2ccccc2-c2ccc(-c3ccccc3)cc2)=CCC(c2ccccc2)=C1. The molecular weight excluding hydrogens is 687 g/mol. The molecule has 10 rings (SSSR count). The molecule has 270 valence electrons. The average Bonchev–Trinajstić information content (AvgIpc) is 3.38. The van der Waals surface area contributed by atoms with Crippen LogP contribution in [-0.2, 0) is 5.41 Å². The summed E-state index contributed by atoms with van der Waals surface area (Å²) in [6.07, 6.45) is 9.95. The van der Waals surface area contributed by atoms with Crippen molar-refractivity contribution in [2.24, 2.45) is 0 Å². The summed E-state index contributed by atoms with van der Waals surface area (Å²) in [6.45, 7) is 0. The van der Waals surface area contributed by atoms with Gasteiger partial charge in [0.05, 0.1) is 11.1 Å². The Morgan fingerprint density at radius 3 is 1.61 bits per heavy atom. The molecule has 0 saturated heterocycles. The van der Waals surface area contributed by atoms with Crippen LogP contribution in [0.5, 0.6) is 0 Å². The molecule has 0 amide bonds. The van der Waals surface area contributed by atoms with Crippen LogP contribution in [0.4, 0.5) is 11.4 Å². The van der Waals surface area contributed by atoms with E-state index in [4.69, 9.17) is 0 Å². The highest BCUT2D eigenvalue weighted by Gasteiger charge is 2.46. The number of fused-ring (bicyclic) bond motifs is 3. The topological polar surface area (TPSA) is 3.24 Å². The summed E-state index contributed by atoms with van der Waals surface area (Å²) in [5.74, 6) is 0. The van der Waals surface area contributed by atoms with Gasteiger partial charge in [-0.2, -0.15) is 0 Å². The van der Waals surface area contributed by atoms with Crippen LogP contribution < -0.4 is 4.90 Å². The molecule has 0 atom stereocenters. The smallest absolute Gasteiger partial charge is 0.0714 e. The molecule has 0 bridgehead atoms. The Kier molecular flexibility index (Phi) is 8.89. The highest BCUT2D eigenvalue weighted by molar-refractivity contribution is 5.91. The predicted molar refractivity (Wildman–Crippen MR) is 239 cm³/mol. The van der Waals surface area contributed by atoms with Gasteiger partial charge in [0.15, 0.2) is 0 Å². The zero-order valence-corrected chi connectivity index (χ0v) is 31.7. The summed E-state index contributed by atoms with van der Waals surface area (Å²) >= 11 is 0. The maximum absolute atomic E-state index is 2.47. The summed E-state index contributed by atoms with van der Waals surface area (Å²) in [7, 11) is 0. The standard InChI is InChI=1S/C56H41N/c1-5-18-41(19-6-1)43-22-17-27-48(37-36-43)57(55-31-16-14-28-50(55)45-34-32-44(33-35-45)42-20-7-2-8-21-42)49-38-39-52-51-29-13-15-30-53(51)56(54(52)40-49,46-23-9-3-10-24-46)47-25-11-4-12-26-47/h1-35,37-40H,36H2. The van der Waals surface area contributed by atoms with Crippen LogP contribution in [0.2, 0.25) is 0 Å². The number of hydrogen-bond donors (Lipinski definition) is 0. The highest BCUT2D eigenvalue weighted by Crippen LogP contribution is 2.57. The fourth-order valence-corrected chi connectivity index (χ4v) is 9.03. The summed E-state index contributed by atoms with van der Waals surface area (Å²) < 4.78 is 0. The summed E-state index contributed by atoms with van der Waals surface area (Å²) in [6, 6.07) is 77.5. The third-order valence-corrected chi connectivity index (χ3v) is 11.6. The van der Waals surface area contributed by atoms with E-state index >= 15 is 0 Å². The van der Waals surface area contributed by atoms with Gasteiger partial charge in [-0.3, -0.25) is 0 Å². The van der Waals surface area contributed by atoms with Crippen molar-refractivity contribution in [2.75, 3.05) is 4.90 Å². The number of rotatable bonds is 8. The first-order valence-electron chi connectivity index (χ1n) is 19.8. The molecule has 2 aliphatic rings. The highest BCUT2D eigenvalue weighted by atomic mass is 15.1. The molecule has 0 spiro atoms. The molecule has 0 aliphatic heterocycles. The largest absolute Gasteiger partial charge is 0.310 e. The van der Waals surface area contributed by atoms with Crippen LogP contribution in [0.3, 0.4) is 0 Å². The molecule has 0 N–H and O–H groups in total. The Bertz CT molecular complexity index is 2740. The third-order valence-electron chi connectivity index (χ3n) is 11.6. The fourth-order valence-electron chi connectivity index (χ4n) is 9.03. The molecule has 8 aromatic rings. The van der Waals surface area contributed by atoms with Crippen LogP contribution in [0.15, 0.2) is 242 Å². The Morgan fingerprint density at radius 2 is 0.930 bits per heavy atom. The maximum atomic E-state index is 2.47. The number of para-hydroxylation sites is 1. The molecule has 0 heterocycles. The Labute approximate surface area is 335 Å². The lowest BCUT2D eigenvalue weighted by Gasteiger charge is -2.35. The van der Waals surface area contributed by atoms with Crippen molar-refractivity contribution in [1.29, 1.82) is 0 Å². The first-order chi connectivity index (χ1) is 28.3. The van der Waals surface area contributed by atoms with Crippen LogP contribution in [-0.4, -0.2) is 0 Å². The fraction of sp³-hybridized carbons (Fsp3) is 0.0357. The molecule has 1 heteroatoms. The number of hydrogen-bond acceptors (Lipinski definition) is 1. The van der Waals surface area contributed by atoms with E-state index in [0.717, 1.165) is 23.5 Å². The minimum Gasteiger partial charge on any atom is -0.310 e. The van der Waals surface area contributed by atoms with Gasteiger partial charge < -0.3 is 4.90 Å².